The van der Waals surface area contributed by atoms with Crippen molar-refractivity contribution in [3.8, 4) is 17.1 Å². The summed E-state index contributed by atoms with van der Waals surface area (Å²) >= 11 is 0. The van der Waals surface area contributed by atoms with E-state index in [4.69, 9.17) is 15.0 Å². The van der Waals surface area contributed by atoms with E-state index in [2.05, 4.69) is 10.1 Å². The largest absolute Gasteiger partial charge is 0.497 e. The van der Waals surface area contributed by atoms with E-state index in [1.807, 2.05) is 24.3 Å². The van der Waals surface area contributed by atoms with Crippen LogP contribution in [0.4, 0.5) is 0 Å². The number of carbonyl (C=O) groups excluding carboxylic acids is 1. The molecule has 0 spiro atoms. The topological polar surface area (TPSA) is 95.7 Å². The van der Waals surface area contributed by atoms with Crippen molar-refractivity contribution in [3.63, 3.8) is 0 Å². The Labute approximate surface area is 134 Å². The average molecular weight is 317 g/mol. The quantitative estimate of drug-likeness (QED) is 0.811. The predicted molar refractivity (Wildman–Crippen MR) is 82.6 cm³/mol. The fraction of sp³-hybridized carbons (Fsp3) is 0.438. The maximum absolute atomic E-state index is 11.2. The second kappa shape index (κ2) is 6.78. The number of benzene rings is 1. The van der Waals surface area contributed by atoms with E-state index in [1.165, 1.54) is 4.90 Å². The van der Waals surface area contributed by atoms with E-state index in [9.17, 15) is 4.79 Å². The molecule has 7 heteroatoms. The van der Waals surface area contributed by atoms with Crippen LogP contribution in [0.2, 0.25) is 0 Å². The Bertz CT molecular complexity index is 660. The van der Waals surface area contributed by atoms with Crippen molar-refractivity contribution in [1.29, 1.82) is 0 Å². The first-order valence-corrected chi connectivity index (χ1v) is 7.75. The van der Waals surface area contributed by atoms with Gasteiger partial charge in [0.25, 0.3) is 5.89 Å². The van der Waals surface area contributed by atoms with Crippen molar-refractivity contribution in [2.75, 3.05) is 20.2 Å². The number of aromatic nitrogens is 2. The van der Waals surface area contributed by atoms with E-state index in [1.54, 1.807) is 7.11 Å². The zero-order valence-corrected chi connectivity index (χ0v) is 13.1. The minimum atomic E-state index is -0.191. The van der Waals surface area contributed by atoms with Crippen LogP contribution in [0, 0.1) is 5.92 Å². The summed E-state index contributed by atoms with van der Waals surface area (Å²) in [6.07, 6.45) is 1.65. The molecule has 0 bridgehead atoms. The minimum Gasteiger partial charge on any atom is -0.497 e. The monoisotopic (exact) mass is 317 g/mol. The lowest BCUT2D eigenvalue weighted by Gasteiger charge is -2.26. The number of amides is 1. The molecule has 1 amide bonds. The number of nitrogens with one attached hydrogen (secondary N) is 1. The highest BCUT2D eigenvalue weighted by Crippen LogP contribution is 2.19. The molecule has 122 valence electrons. The molecule has 2 heterocycles. The maximum atomic E-state index is 11.2. The first-order valence-electron chi connectivity index (χ1n) is 7.75. The zero-order chi connectivity index (χ0) is 16.2. The fourth-order valence-corrected chi connectivity index (χ4v) is 2.89. The Morgan fingerprint density at radius 2 is 2.04 bits per heavy atom. The summed E-state index contributed by atoms with van der Waals surface area (Å²) < 4.78 is 10.5. The summed E-state index contributed by atoms with van der Waals surface area (Å²) in [5, 5.41) is 4.04. The second-order valence-corrected chi connectivity index (χ2v) is 5.84. The highest BCUT2D eigenvalue weighted by Gasteiger charge is 2.27. The van der Waals surface area contributed by atoms with Crippen LogP contribution in [-0.2, 0) is 11.3 Å². The van der Waals surface area contributed by atoms with E-state index in [0.717, 1.165) is 37.2 Å². The molecule has 1 aliphatic rings. The third kappa shape index (κ3) is 3.68. The lowest BCUT2D eigenvalue weighted by Crippen LogP contribution is -3.11. The molecule has 0 aliphatic carbocycles. The van der Waals surface area contributed by atoms with Crippen molar-refractivity contribution in [2.24, 2.45) is 11.7 Å². The number of piperidine rings is 1. The predicted octanol–water partition coefficient (Wildman–Crippen LogP) is 0.0254. The molecule has 2 aromatic rings. The molecule has 0 radical (unpaired) electrons. The van der Waals surface area contributed by atoms with Gasteiger partial charge < -0.3 is 19.9 Å². The first kappa shape index (κ1) is 15.5. The highest BCUT2D eigenvalue weighted by molar-refractivity contribution is 5.76. The van der Waals surface area contributed by atoms with Gasteiger partial charge in [-0.25, -0.2) is 0 Å². The van der Waals surface area contributed by atoms with Crippen molar-refractivity contribution < 1.29 is 19.0 Å². The van der Waals surface area contributed by atoms with Crippen molar-refractivity contribution in [3.05, 3.63) is 30.2 Å². The number of nitrogens with zero attached hydrogens (tertiary/aromatic N) is 2. The number of methoxy groups -OCH3 is 1. The van der Waals surface area contributed by atoms with Gasteiger partial charge >= 0.3 is 0 Å². The molecule has 23 heavy (non-hydrogen) atoms. The molecular formula is C16H21N4O3+. The van der Waals surface area contributed by atoms with Crippen molar-refractivity contribution in [2.45, 2.75) is 19.4 Å². The Balaban J connectivity index is 1.60. The number of nitrogens with two attached hydrogens (primary N) is 1. The van der Waals surface area contributed by atoms with Crippen LogP contribution in [-0.4, -0.2) is 36.2 Å². The van der Waals surface area contributed by atoms with Crippen LogP contribution in [0.25, 0.3) is 11.4 Å². The number of primary amides is 1. The Kier molecular flexibility index (Phi) is 4.57. The van der Waals surface area contributed by atoms with Gasteiger partial charge in [-0.15, -0.1) is 0 Å². The Morgan fingerprint density at radius 3 is 2.65 bits per heavy atom. The zero-order valence-electron chi connectivity index (χ0n) is 13.1. The van der Waals surface area contributed by atoms with E-state index < -0.39 is 0 Å². The molecule has 1 fully saturated rings. The number of hydrogen-bond donors (Lipinski definition) is 2. The molecular weight excluding hydrogens is 296 g/mol. The lowest BCUT2D eigenvalue weighted by molar-refractivity contribution is -0.920. The van der Waals surface area contributed by atoms with Gasteiger partial charge in [0.15, 0.2) is 6.54 Å². The Hall–Kier alpha value is -2.41. The van der Waals surface area contributed by atoms with Crippen LogP contribution in [0.1, 0.15) is 18.7 Å². The molecule has 1 saturated heterocycles. The summed E-state index contributed by atoms with van der Waals surface area (Å²) in [7, 11) is 1.63. The molecule has 3 rings (SSSR count). The van der Waals surface area contributed by atoms with Crippen molar-refractivity contribution in [1.82, 2.24) is 10.1 Å². The average Bonchev–Trinajstić information content (AvgIpc) is 3.04. The molecule has 3 N–H and O–H groups in total. The molecule has 1 aromatic heterocycles. The first-order chi connectivity index (χ1) is 11.2. The number of hydrogen-bond acceptors (Lipinski definition) is 5. The normalized spacial score (nSPS) is 21.1. The molecule has 0 atom stereocenters. The number of likely N-dealkylation sites (tertiary alicyclic amines) is 1. The lowest BCUT2D eigenvalue weighted by atomic mass is 9.96. The van der Waals surface area contributed by atoms with Gasteiger partial charge in [-0.1, -0.05) is 5.16 Å². The number of rotatable bonds is 5. The summed E-state index contributed by atoms with van der Waals surface area (Å²) in [6, 6.07) is 7.54. The van der Waals surface area contributed by atoms with Gasteiger partial charge in [-0.2, -0.15) is 4.98 Å². The van der Waals surface area contributed by atoms with Crippen molar-refractivity contribution >= 4 is 5.91 Å². The van der Waals surface area contributed by atoms with Gasteiger partial charge in [0.1, 0.15) is 5.75 Å². The molecule has 0 unspecified atom stereocenters. The van der Waals surface area contributed by atoms with Crippen LogP contribution in [0.3, 0.4) is 0 Å². The maximum Gasteiger partial charge on any atom is 0.282 e. The van der Waals surface area contributed by atoms with Gasteiger partial charge in [0.05, 0.1) is 20.2 Å². The number of quaternary nitrogens is 1. The molecule has 1 aromatic carbocycles. The van der Waals surface area contributed by atoms with E-state index >= 15 is 0 Å². The smallest absolute Gasteiger partial charge is 0.282 e. The summed E-state index contributed by atoms with van der Waals surface area (Å²) in [5.74, 6) is 1.80. The number of ether oxygens (including phenoxy) is 1. The third-order valence-electron chi connectivity index (χ3n) is 4.31. The second-order valence-electron chi connectivity index (χ2n) is 5.84. The van der Waals surface area contributed by atoms with Crippen LogP contribution < -0.4 is 15.4 Å². The Morgan fingerprint density at radius 1 is 1.35 bits per heavy atom. The summed E-state index contributed by atoms with van der Waals surface area (Å²) in [4.78, 5) is 17.0. The summed E-state index contributed by atoms with van der Waals surface area (Å²) in [5.41, 5.74) is 6.25. The van der Waals surface area contributed by atoms with Gasteiger partial charge in [-0.05, 0) is 24.3 Å². The van der Waals surface area contributed by atoms with Gasteiger partial charge in [0.2, 0.25) is 11.7 Å². The third-order valence-corrected chi connectivity index (χ3v) is 4.31. The molecule has 7 nitrogen and oxygen atoms in total. The fourth-order valence-electron chi connectivity index (χ4n) is 2.89. The van der Waals surface area contributed by atoms with Crippen LogP contribution in [0.5, 0.6) is 5.75 Å². The van der Waals surface area contributed by atoms with Gasteiger partial charge in [0, 0.05) is 24.3 Å². The highest BCUT2D eigenvalue weighted by atomic mass is 16.5. The minimum absolute atomic E-state index is 0.0105. The van der Waals surface area contributed by atoms with E-state index in [0.29, 0.717) is 18.3 Å². The van der Waals surface area contributed by atoms with Crippen LogP contribution >= 0.6 is 0 Å². The number of carbonyl (C=O) groups is 1. The van der Waals surface area contributed by atoms with E-state index in [-0.39, 0.29) is 11.8 Å². The SMILES string of the molecule is COc1ccc(-c2noc(C[NH+]3CCC(C(N)=O)CC3)n2)cc1. The molecule has 0 saturated carbocycles. The van der Waals surface area contributed by atoms with Gasteiger partial charge in [-0.3, -0.25) is 4.79 Å². The molecule has 1 aliphatic heterocycles. The standard InChI is InChI=1S/C16H20N4O3/c1-22-13-4-2-12(3-5-13)16-18-14(23-19-16)10-20-8-6-11(7-9-20)15(17)21/h2-5,11H,6-10H2,1H3,(H2,17,21)/p+1. The summed E-state index contributed by atoms with van der Waals surface area (Å²) in [6.45, 7) is 2.47. The van der Waals surface area contributed by atoms with Crippen LogP contribution in [0.15, 0.2) is 28.8 Å².